The second-order valence-corrected chi connectivity index (χ2v) is 4.12. The smallest absolute Gasteiger partial charge is 0.355 e. The number of nitrogens with one attached hydrogen (secondary N) is 1. The SMILES string of the molecule is CNc1nc(=O)n(C2CC=CCC2)c(=O)n1C. The molecule has 0 saturated heterocycles. The monoisotopic (exact) mass is 236 g/mol. The lowest BCUT2D eigenvalue weighted by Gasteiger charge is -2.20. The van der Waals surface area contributed by atoms with Crippen LogP contribution in [-0.4, -0.2) is 21.2 Å². The van der Waals surface area contributed by atoms with Gasteiger partial charge >= 0.3 is 11.4 Å². The number of hydrogen-bond donors (Lipinski definition) is 1. The summed E-state index contributed by atoms with van der Waals surface area (Å²) in [6.45, 7) is 0. The van der Waals surface area contributed by atoms with E-state index in [9.17, 15) is 9.59 Å². The van der Waals surface area contributed by atoms with Crippen LogP contribution in [0.3, 0.4) is 0 Å². The van der Waals surface area contributed by atoms with Crippen LogP contribution in [0.5, 0.6) is 0 Å². The molecule has 0 bridgehead atoms. The molecule has 1 aliphatic carbocycles. The molecule has 0 amide bonds. The second kappa shape index (κ2) is 4.57. The molecule has 1 aromatic heterocycles. The number of hydrogen-bond acceptors (Lipinski definition) is 4. The number of nitrogens with zero attached hydrogens (tertiary/aromatic N) is 3. The summed E-state index contributed by atoms with van der Waals surface area (Å²) >= 11 is 0. The number of anilines is 1. The Hall–Kier alpha value is -1.85. The summed E-state index contributed by atoms with van der Waals surface area (Å²) in [6.07, 6.45) is 6.50. The van der Waals surface area contributed by atoms with Crippen molar-refractivity contribution in [1.82, 2.24) is 14.1 Å². The van der Waals surface area contributed by atoms with Crippen molar-refractivity contribution in [1.29, 1.82) is 0 Å². The van der Waals surface area contributed by atoms with E-state index in [0.717, 1.165) is 19.3 Å². The van der Waals surface area contributed by atoms with E-state index in [1.165, 1.54) is 9.13 Å². The van der Waals surface area contributed by atoms with Gasteiger partial charge in [0.1, 0.15) is 0 Å². The van der Waals surface area contributed by atoms with Gasteiger partial charge in [0.25, 0.3) is 0 Å². The molecule has 92 valence electrons. The highest BCUT2D eigenvalue weighted by Gasteiger charge is 2.18. The van der Waals surface area contributed by atoms with Crippen LogP contribution < -0.4 is 16.7 Å². The van der Waals surface area contributed by atoms with Gasteiger partial charge in [0, 0.05) is 20.1 Å². The van der Waals surface area contributed by atoms with Crippen molar-refractivity contribution in [3.05, 3.63) is 33.1 Å². The van der Waals surface area contributed by atoms with Crippen LogP contribution in [0, 0.1) is 0 Å². The van der Waals surface area contributed by atoms with Gasteiger partial charge < -0.3 is 5.32 Å². The molecule has 0 fully saturated rings. The Kier molecular flexibility index (Phi) is 3.12. The summed E-state index contributed by atoms with van der Waals surface area (Å²) < 4.78 is 2.62. The van der Waals surface area contributed by atoms with Crippen LogP contribution >= 0.6 is 0 Å². The number of rotatable bonds is 2. The molecule has 1 aromatic rings. The first-order valence-corrected chi connectivity index (χ1v) is 5.67. The first kappa shape index (κ1) is 11.6. The molecule has 17 heavy (non-hydrogen) atoms. The van der Waals surface area contributed by atoms with Gasteiger partial charge in [-0.15, -0.1) is 0 Å². The Balaban J connectivity index is 2.55. The zero-order chi connectivity index (χ0) is 12.4. The Morgan fingerprint density at radius 1 is 1.41 bits per heavy atom. The summed E-state index contributed by atoms with van der Waals surface area (Å²) in [6, 6.07) is -0.0652. The highest BCUT2D eigenvalue weighted by molar-refractivity contribution is 5.21. The van der Waals surface area contributed by atoms with Crippen LogP contribution in [0.15, 0.2) is 21.7 Å². The average molecular weight is 236 g/mol. The first-order valence-electron chi connectivity index (χ1n) is 5.67. The maximum atomic E-state index is 12.1. The molecule has 6 nitrogen and oxygen atoms in total. The Labute approximate surface area is 98.6 Å². The largest absolute Gasteiger partial charge is 0.358 e. The molecule has 6 heteroatoms. The molecule has 1 aliphatic rings. The van der Waals surface area contributed by atoms with E-state index >= 15 is 0 Å². The summed E-state index contributed by atoms with van der Waals surface area (Å²) in [5.74, 6) is 0.294. The van der Waals surface area contributed by atoms with Gasteiger partial charge in [-0.1, -0.05) is 12.2 Å². The molecule has 1 heterocycles. The third-order valence-corrected chi connectivity index (χ3v) is 3.05. The fraction of sp³-hybridized carbons (Fsp3) is 0.545. The van der Waals surface area contributed by atoms with E-state index in [0.29, 0.717) is 5.95 Å². The fourth-order valence-corrected chi connectivity index (χ4v) is 2.10. The molecule has 2 rings (SSSR count). The summed E-state index contributed by atoms with van der Waals surface area (Å²) in [5, 5.41) is 2.73. The highest BCUT2D eigenvalue weighted by Crippen LogP contribution is 2.20. The molecule has 0 radical (unpaired) electrons. The molecule has 1 N–H and O–H groups in total. The van der Waals surface area contributed by atoms with E-state index in [1.54, 1.807) is 14.1 Å². The highest BCUT2D eigenvalue weighted by atomic mass is 16.2. The van der Waals surface area contributed by atoms with E-state index < -0.39 is 5.69 Å². The minimum absolute atomic E-state index is 0.0652. The minimum atomic E-state index is -0.474. The van der Waals surface area contributed by atoms with Crippen molar-refractivity contribution < 1.29 is 0 Å². The van der Waals surface area contributed by atoms with Crippen molar-refractivity contribution in [3.63, 3.8) is 0 Å². The third kappa shape index (κ3) is 2.02. The maximum absolute atomic E-state index is 12.1. The third-order valence-electron chi connectivity index (χ3n) is 3.05. The van der Waals surface area contributed by atoms with Crippen molar-refractivity contribution in [2.75, 3.05) is 12.4 Å². The van der Waals surface area contributed by atoms with Gasteiger partial charge in [-0.05, 0) is 19.3 Å². The van der Waals surface area contributed by atoms with E-state index in [1.807, 2.05) is 6.08 Å². The van der Waals surface area contributed by atoms with Crippen LogP contribution in [0.4, 0.5) is 5.95 Å². The zero-order valence-corrected chi connectivity index (χ0v) is 10.0. The minimum Gasteiger partial charge on any atom is -0.358 e. The predicted octanol–water partition coefficient (Wildman–Crippen LogP) is 0.265. The molecule has 0 aliphatic heterocycles. The van der Waals surface area contributed by atoms with E-state index in [4.69, 9.17) is 0 Å². The van der Waals surface area contributed by atoms with Crippen molar-refractivity contribution in [2.45, 2.75) is 25.3 Å². The zero-order valence-electron chi connectivity index (χ0n) is 10.0. The van der Waals surface area contributed by atoms with Crippen molar-refractivity contribution in [2.24, 2.45) is 7.05 Å². The van der Waals surface area contributed by atoms with E-state index in [2.05, 4.69) is 16.4 Å². The van der Waals surface area contributed by atoms with Crippen molar-refractivity contribution in [3.8, 4) is 0 Å². The molecule has 0 saturated carbocycles. The van der Waals surface area contributed by atoms with Crippen LogP contribution in [0.1, 0.15) is 25.3 Å². The fourth-order valence-electron chi connectivity index (χ4n) is 2.10. The van der Waals surface area contributed by atoms with Crippen LogP contribution in [0.2, 0.25) is 0 Å². The molecule has 0 spiro atoms. The molecular formula is C11H16N4O2. The number of allylic oxidation sites excluding steroid dienone is 2. The maximum Gasteiger partial charge on any atom is 0.355 e. The van der Waals surface area contributed by atoms with Crippen molar-refractivity contribution >= 4 is 5.95 Å². The normalized spacial score (nSPS) is 19.3. The molecule has 1 unspecified atom stereocenters. The summed E-state index contributed by atoms with van der Waals surface area (Å²) in [7, 11) is 3.24. The number of aromatic nitrogens is 3. The van der Waals surface area contributed by atoms with Gasteiger partial charge in [0.15, 0.2) is 0 Å². The topological polar surface area (TPSA) is 68.9 Å². The summed E-state index contributed by atoms with van der Waals surface area (Å²) in [5.41, 5.74) is -0.785. The molecule has 0 aromatic carbocycles. The van der Waals surface area contributed by atoms with Crippen LogP contribution in [0.25, 0.3) is 0 Å². The summed E-state index contributed by atoms with van der Waals surface area (Å²) in [4.78, 5) is 27.8. The van der Waals surface area contributed by atoms with Gasteiger partial charge in [-0.2, -0.15) is 4.98 Å². The first-order chi connectivity index (χ1) is 8.15. The van der Waals surface area contributed by atoms with Gasteiger partial charge in [-0.25, -0.2) is 14.2 Å². The average Bonchev–Trinajstić information content (AvgIpc) is 2.35. The van der Waals surface area contributed by atoms with Gasteiger partial charge in [-0.3, -0.25) is 4.57 Å². The predicted molar refractivity (Wildman–Crippen MR) is 65.3 cm³/mol. The van der Waals surface area contributed by atoms with Gasteiger partial charge in [0.2, 0.25) is 5.95 Å². The lowest BCUT2D eigenvalue weighted by atomic mass is 10.0. The van der Waals surface area contributed by atoms with E-state index in [-0.39, 0.29) is 11.7 Å². The quantitative estimate of drug-likeness (QED) is 0.748. The standard InChI is InChI=1S/C11H16N4O2/c1-12-9-13-10(16)15(11(17)14(9)2)8-6-4-3-5-7-8/h3-4,8H,5-7H2,1-2H3,(H,12,13,16). The Morgan fingerprint density at radius 3 is 2.76 bits per heavy atom. The lowest BCUT2D eigenvalue weighted by molar-refractivity contribution is 0.411. The second-order valence-electron chi connectivity index (χ2n) is 4.12. The van der Waals surface area contributed by atoms with Crippen LogP contribution in [-0.2, 0) is 7.05 Å². The van der Waals surface area contributed by atoms with Gasteiger partial charge in [0.05, 0.1) is 0 Å². The Morgan fingerprint density at radius 2 is 2.18 bits per heavy atom. The molecular weight excluding hydrogens is 220 g/mol. The Bertz CT molecular complexity index is 556. The lowest BCUT2D eigenvalue weighted by Crippen LogP contribution is -2.43. The molecule has 1 atom stereocenters.